The highest BCUT2D eigenvalue weighted by Crippen LogP contribution is 2.25. The first-order valence-corrected chi connectivity index (χ1v) is 8.51. The van der Waals surface area contributed by atoms with E-state index in [0.717, 1.165) is 16.1 Å². The van der Waals surface area contributed by atoms with Crippen LogP contribution in [0.15, 0.2) is 60.1 Å². The molecule has 0 unspecified atom stereocenters. The van der Waals surface area contributed by atoms with Gasteiger partial charge in [-0.05, 0) is 47.3 Å². The molecular formula is C19H16N2O3S. The Morgan fingerprint density at radius 1 is 1.08 bits per heavy atom. The maximum Gasteiger partial charge on any atom is 0.337 e. The van der Waals surface area contributed by atoms with Crippen molar-refractivity contribution in [3.63, 3.8) is 0 Å². The van der Waals surface area contributed by atoms with Crippen LogP contribution < -0.4 is 5.32 Å². The number of nitrogens with one attached hydrogen (secondary N) is 1. The van der Waals surface area contributed by atoms with Gasteiger partial charge in [0.15, 0.2) is 0 Å². The van der Waals surface area contributed by atoms with Crippen LogP contribution in [0.1, 0.15) is 26.3 Å². The quantitative estimate of drug-likeness (QED) is 0.713. The van der Waals surface area contributed by atoms with Gasteiger partial charge in [-0.25, -0.2) is 4.79 Å². The molecular weight excluding hydrogens is 336 g/mol. The molecule has 0 saturated heterocycles. The zero-order chi connectivity index (χ0) is 17.6. The molecule has 3 aromatic rings. The van der Waals surface area contributed by atoms with Crippen LogP contribution in [0.5, 0.6) is 0 Å². The van der Waals surface area contributed by atoms with Gasteiger partial charge in [0.25, 0.3) is 5.91 Å². The van der Waals surface area contributed by atoms with Crippen molar-refractivity contribution >= 4 is 23.2 Å². The lowest BCUT2D eigenvalue weighted by Gasteiger charge is -2.09. The molecule has 1 N–H and O–H groups in total. The van der Waals surface area contributed by atoms with Crippen molar-refractivity contribution < 1.29 is 14.3 Å². The van der Waals surface area contributed by atoms with E-state index in [9.17, 15) is 9.59 Å². The first kappa shape index (κ1) is 16.9. The summed E-state index contributed by atoms with van der Waals surface area (Å²) >= 11 is 1.61. The SMILES string of the molecule is COC(=O)c1ccc(C(=O)NCc2cccnc2-c2cccs2)cc1. The summed E-state index contributed by atoms with van der Waals surface area (Å²) in [7, 11) is 1.32. The first-order chi connectivity index (χ1) is 12.2. The van der Waals surface area contributed by atoms with Crippen LogP contribution in [0.4, 0.5) is 0 Å². The van der Waals surface area contributed by atoms with E-state index in [-0.39, 0.29) is 5.91 Å². The summed E-state index contributed by atoms with van der Waals surface area (Å²) in [4.78, 5) is 29.2. The molecule has 0 atom stereocenters. The lowest BCUT2D eigenvalue weighted by molar-refractivity contribution is 0.0600. The van der Waals surface area contributed by atoms with Crippen LogP contribution in [0, 0.1) is 0 Å². The van der Waals surface area contributed by atoms with Gasteiger partial charge in [0.05, 0.1) is 23.2 Å². The van der Waals surface area contributed by atoms with Crippen molar-refractivity contribution in [1.82, 2.24) is 10.3 Å². The Morgan fingerprint density at radius 2 is 1.84 bits per heavy atom. The minimum absolute atomic E-state index is 0.211. The molecule has 3 rings (SSSR count). The molecule has 1 aromatic carbocycles. The number of esters is 1. The van der Waals surface area contributed by atoms with Crippen molar-refractivity contribution in [3.8, 4) is 10.6 Å². The molecule has 2 heterocycles. The third kappa shape index (κ3) is 3.92. The van der Waals surface area contributed by atoms with Crippen molar-refractivity contribution in [1.29, 1.82) is 0 Å². The van der Waals surface area contributed by atoms with E-state index in [0.29, 0.717) is 17.7 Å². The van der Waals surface area contributed by atoms with E-state index in [1.165, 1.54) is 7.11 Å². The number of hydrogen-bond donors (Lipinski definition) is 1. The molecule has 126 valence electrons. The highest BCUT2D eigenvalue weighted by molar-refractivity contribution is 7.13. The molecule has 0 aliphatic heterocycles. The average molecular weight is 352 g/mol. The second kappa shape index (κ2) is 7.72. The Kier molecular flexibility index (Phi) is 5.20. The van der Waals surface area contributed by atoms with Crippen molar-refractivity contribution in [2.24, 2.45) is 0 Å². The van der Waals surface area contributed by atoms with Gasteiger partial charge in [0, 0.05) is 18.3 Å². The summed E-state index contributed by atoms with van der Waals surface area (Å²) < 4.78 is 4.65. The number of rotatable bonds is 5. The number of pyridine rings is 1. The molecule has 1 amide bonds. The van der Waals surface area contributed by atoms with Gasteiger partial charge in [0.1, 0.15) is 0 Å². The van der Waals surface area contributed by atoms with E-state index in [4.69, 9.17) is 0 Å². The number of aromatic nitrogens is 1. The molecule has 0 fully saturated rings. The van der Waals surface area contributed by atoms with E-state index >= 15 is 0 Å². The summed E-state index contributed by atoms with van der Waals surface area (Å²) in [5.41, 5.74) is 2.71. The number of nitrogens with zero attached hydrogens (tertiary/aromatic N) is 1. The van der Waals surface area contributed by atoms with Crippen LogP contribution in [-0.2, 0) is 11.3 Å². The van der Waals surface area contributed by atoms with Gasteiger partial charge in [-0.2, -0.15) is 0 Å². The molecule has 0 saturated carbocycles. The molecule has 6 heteroatoms. The summed E-state index contributed by atoms with van der Waals surface area (Å²) in [6, 6.07) is 14.1. The minimum atomic E-state index is -0.428. The molecule has 25 heavy (non-hydrogen) atoms. The average Bonchev–Trinajstić information content (AvgIpc) is 3.20. The lowest BCUT2D eigenvalue weighted by atomic mass is 10.1. The van der Waals surface area contributed by atoms with E-state index in [1.54, 1.807) is 41.8 Å². The summed E-state index contributed by atoms with van der Waals surface area (Å²) in [6.45, 7) is 0.374. The zero-order valence-electron chi connectivity index (χ0n) is 13.6. The Balaban J connectivity index is 1.70. The Hall–Kier alpha value is -2.99. The predicted molar refractivity (Wildman–Crippen MR) is 96.5 cm³/mol. The molecule has 0 bridgehead atoms. The van der Waals surface area contributed by atoms with Crippen LogP contribution in [0.2, 0.25) is 0 Å². The largest absolute Gasteiger partial charge is 0.465 e. The lowest BCUT2D eigenvalue weighted by Crippen LogP contribution is -2.23. The van der Waals surface area contributed by atoms with Gasteiger partial charge in [-0.15, -0.1) is 11.3 Å². The number of thiophene rings is 1. The van der Waals surface area contributed by atoms with Crippen molar-refractivity contribution in [2.75, 3.05) is 7.11 Å². The van der Waals surface area contributed by atoms with Gasteiger partial charge >= 0.3 is 5.97 Å². The fourth-order valence-corrected chi connectivity index (χ4v) is 3.13. The first-order valence-electron chi connectivity index (χ1n) is 7.63. The predicted octanol–water partition coefficient (Wildman–Crippen LogP) is 3.53. The number of hydrogen-bond acceptors (Lipinski definition) is 5. The number of amides is 1. The van der Waals surface area contributed by atoms with Crippen LogP contribution in [0.3, 0.4) is 0 Å². The third-order valence-corrected chi connectivity index (χ3v) is 4.53. The highest BCUT2D eigenvalue weighted by atomic mass is 32.1. The number of carbonyl (C=O) groups excluding carboxylic acids is 2. The molecule has 0 radical (unpaired) electrons. The molecule has 0 spiro atoms. The molecule has 0 aliphatic carbocycles. The van der Waals surface area contributed by atoms with E-state index < -0.39 is 5.97 Å². The maximum absolute atomic E-state index is 12.3. The van der Waals surface area contributed by atoms with Crippen LogP contribution >= 0.6 is 11.3 Å². The third-order valence-electron chi connectivity index (χ3n) is 3.65. The van der Waals surface area contributed by atoms with Crippen molar-refractivity contribution in [2.45, 2.75) is 6.54 Å². The maximum atomic E-state index is 12.3. The van der Waals surface area contributed by atoms with Crippen molar-refractivity contribution in [3.05, 3.63) is 76.8 Å². The van der Waals surface area contributed by atoms with Crippen LogP contribution in [0.25, 0.3) is 10.6 Å². The number of benzene rings is 1. The van der Waals surface area contributed by atoms with Gasteiger partial charge < -0.3 is 10.1 Å². The fraction of sp³-hybridized carbons (Fsp3) is 0.105. The van der Waals surface area contributed by atoms with E-state index in [2.05, 4.69) is 15.0 Å². The number of ether oxygens (including phenoxy) is 1. The molecule has 5 nitrogen and oxygen atoms in total. The highest BCUT2D eigenvalue weighted by Gasteiger charge is 2.11. The van der Waals surface area contributed by atoms with E-state index in [1.807, 2.05) is 29.6 Å². The Labute approximate surface area is 149 Å². The fourth-order valence-electron chi connectivity index (χ4n) is 2.37. The summed E-state index contributed by atoms with van der Waals surface area (Å²) in [5, 5.41) is 4.89. The topological polar surface area (TPSA) is 68.3 Å². The molecule has 2 aromatic heterocycles. The second-order valence-corrected chi connectivity index (χ2v) is 6.19. The summed E-state index contributed by atoms with van der Waals surface area (Å²) in [6.07, 6.45) is 1.74. The minimum Gasteiger partial charge on any atom is -0.465 e. The zero-order valence-corrected chi connectivity index (χ0v) is 14.4. The smallest absolute Gasteiger partial charge is 0.337 e. The van der Waals surface area contributed by atoms with Crippen LogP contribution in [-0.4, -0.2) is 24.0 Å². The van der Waals surface area contributed by atoms with Gasteiger partial charge in [0.2, 0.25) is 0 Å². The summed E-state index contributed by atoms with van der Waals surface area (Å²) in [5.74, 6) is -0.639. The number of methoxy groups -OCH3 is 1. The Bertz CT molecular complexity index is 874. The second-order valence-electron chi connectivity index (χ2n) is 5.24. The van der Waals surface area contributed by atoms with Gasteiger partial charge in [-0.3, -0.25) is 9.78 Å². The standard InChI is InChI=1S/C19H16N2O3S/c1-24-19(23)14-8-6-13(7-9-14)18(22)21-12-15-4-2-10-20-17(15)16-5-3-11-25-16/h2-11H,12H2,1H3,(H,21,22). The van der Waals surface area contributed by atoms with Gasteiger partial charge in [-0.1, -0.05) is 12.1 Å². The monoisotopic (exact) mass is 352 g/mol. The number of carbonyl (C=O) groups is 2. The Morgan fingerprint density at radius 3 is 2.52 bits per heavy atom. The normalized spacial score (nSPS) is 10.3. The molecule has 0 aliphatic rings.